The largest absolute Gasteiger partial charge is 0.326 e. The highest BCUT2D eigenvalue weighted by atomic mass is 16.2. The van der Waals surface area contributed by atoms with Gasteiger partial charge >= 0.3 is 6.03 Å². The minimum atomic E-state index is -0.660. The summed E-state index contributed by atoms with van der Waals surface area (Å²) >= 11 is 0. The smallest absolute Gasteiger partial charge is 0.322 e. The van der Waals surface area contributed by atoms with E-state index in [4.69, 9.17) is 0 Å². The fourth-order valence-electron chi connectivity index (χ4n) is 2.81. The van der Waals surface area contributed by atoms with Gasteiger partial charge in [0.25, 0.3) is 5.91 Å². The van der Waals surface area contributed by atoms with E-state index in [1.165, 1.54) is 0 Å². The van der Waals surface area contributed by atoms with E-state index in [1.807, 2.05) is 0 Å². The minimum Gasteiger partial charge on any atom is -0.326 e. The molecule has 0 saturated carbocycles. The summed E-state index contributed by atoms with van der Waals surface area (Å²) in [6, 6.07) is 5.88. The van der Waals surface area contributed by atoms with Crippen LogP contribution in [-0.4, -0.2) is 36.3 Å². The Balaban J connectivity index is 1.50. The SMILES string of the molecule is O=C(CC[C@@H]1NC(=O)NC1=O)Nc1ccc(N2CCCC2=O)cc1. The Morgan fingerprint density at radius 2 is 1.96 bits per heavy atom. The van der Waals surface area contributed by atoms with Crippen LogP contribution in [0.3, 0.4) is 0 Å². The number of nitrogens with one attached hydrogen (secondary N) is 3. The monoisotopic (exact) mass is 330 g/mol. The van der Waals surface area contributed by atoms with Crippen molar-refractivity contribution >= 4 is 35.1 Å². The molecule has 8 heteroatoms. The van der Waals surface area contributed by atoms with Gasteiger partial charge in [0, 0.05) is 30.8 Å². The van der Waals surface area contributed by atoms with Gasteiger partial charge in [0.05, 0.1) is 0 Å². The van der Waals surface area contributed by atoms with Crippen LogP contribution in [0.1, 0.15) is 25.7 Å². The summed E-state index contributed by atoms with van der Waals surface area (Å²) in [5, 5.41) is 7.31. The maximum atomic E-state index is 11.9. The van der Waals surface area contributed by atoms with Crippen molar-refractivity contribution in [3.8, 4) is 0 Å². The zero-order valence-electron chi connectivity index (χ0n) is 13.0. The molecular weight excluding hydrogens is 312 g/mol. The lowest BCUT2D eigenvalue weighted by Crippen LogP contribution is -2.30. The molecule has 0 spiro atoms. The van der Waals surface area contributed by atoms with E-state index in [1.54, 1.807) is 29.2 Å². The maximum absolute atomic E-state index is 11.9. The van der Waals surface area contributed by atoms with E-state index >= 15 is 0 Å². The van der Waals surface area contributed by atoms with Crippen LogP contribution in [-0.2, 0) is 14.4 Å². The molecule has 2 heterocycles. The Morgan fingerprint density at radius 1 is 1.21 bits per heavy atom. The van der Waals surface area contributed by atoms with Crippen molar-refractivity contribution in [1.82, 2.24) is 10.6 Å². The first-order chi connectivity index (χ1) is 11.5. The fraction of sp³-hybridized carbons (Fsp3) is 0.375. The number of urea groups is 1. The number of imide groups is 1. The summed E-state index contributed by atoms with van der Waals surface area (Å²) in [4.78, 5) is 47.7. The Kier molecular flexibility index (Phi) is 4.45. The molecule has 126 valence electrons. The van der Waals surface area contributed by atoms with Crippen LogP contribution >= 0.6 is 0 Å². The highest BCUT2D eigenvalue weighted by molar-refractivity contribution is 6.04. The average Bonchev–Trinajstić information content (AvgIpc) is 3.11. The summed E-state index contributed by atoms with van der Waals surface area (Å²) in [7, 11) is 0. The summed E-state index contributed by atoms with van der Waals surface area (Å²) in [5.74, 6) is -0.537. The van der Waals surface area contributed by atoms with Crippen molar-refractivity contribution in [3.05, 3.63) is 24.3 Å². The fourth-order valence-corrected chi connectivity index (χ4v) is 2.81. The van der Waals surface area contributed by atoms with Crippen molar-refractivity contribution in [1.29, 1.82) is 0 Å². The van der Waals surface area contributed by atoms with Crippen LogP contribution in [0, 0.1) is 0 Å². The van der Waals surface area contributed by atoms with Crippen LogP contribution in [0.2, 0.25) is 0 Å². The predicted octanol–water partition coefficient (Wildman–Crippen LogP) is 0.740. The second-order valence-electron chi connectivity index (χ2n) is 5.80. The van der Waals surface area contributed by atoms with Gasteiger partial charge in [0.2, 0.25) is 11.8 Å². The zero-order valence-corrected chi connectivity index (χ0v) is 13.0. The molecule has 1 atom stereocenters. The molecule has 2 fully saturated rings. The molecule has 2 aliphatic heterocycles. The first kappa shape index (κ1) is 16.0. The van der Waals surface area contributed by atoms with Gasteiger partial charge < -0.3 is 15.5 Å². The van der Waals surface area contributed by atoms with Crippen LogP contribution in [0.15, 0.2) is 24.3 Å². The third-order valence-corrected chi connectivity index (χ3v) is 4.05. The van der Waals surface area contributed by atoms with E-state index in [2.05, 4.69) is 16.0 Å². The topological polar surface area (TPSA) is 108 Å². The Morgan fingerprint density at radius 3 is 2.54 bits per heavy atom. The number of hydrogen-bond acceptors (Lipinski definition) is 4. The molecule has 0 radical (unpaired) electrons. The molecule has 0 aromatic heterocycles. The van der Waals surface area contributed by atoms with Gasteiger partial charge in [-0.25, -0.2) is 4.79 Å². The Bertz CT molecular complexity index is 686. The van der Waals surface area contributed by atoms with Crippen LogP contribution < -0.4 is 20.9 Å². The van der Waals surface area contributed by atoms with E-state index in [9.17, 15) is 19.2 Å². The highest BCUT2D eigenvalue weighted by Gasteiger charge is 2.29. The van der Waals surface area contributed by atoms with Crippen LogP contribution in [0.25, 0.3) is 0 Å². The van der Waals surface area contributed by atoms with Crippen molar-refractivity contribution in [3.63, 3.8) is 0 Å². The van der Waals surface area contributed by atoms with Crippen molar-refractivity contribution in [2.45, 2.75) is 31.7 Å². The van der Waals surface area contributed by atoms with Gasteiger partial charge in [-0.3, -0.25) is 19.7 Å². The van der Waals surface area contributed by atoms with Crippen LogP contribution in [0.4, 0.5) is 16.2 Å². The molecule has 2 saturated heterocycles. The van der Waals surface area contributed by atoms with E-state index in [0.29, 0.717) is 12.1 Å². The minimum absolute atomic E-state index is 0.115. The molecule has 0 unspecified atom stereocenters. The van der Waals surface area contributed by atoms with Gasteiger partial charge in [-0.2, -0.15) is 0 Å². The second-order valence-corrected chi connectivity index (χ2v) is 5.80. The summed E-state index contributed by atoms with van der Waals surface area (Å²) in [6.45, 7) is 0.722. The average molecular weight is 330 g/mol. The molecule has 0 aliphatic carbocycles. The Hall–Kier alpha value is -2.90. The standard InChI is InChI=1S/C16H18N4O4/c21-13(8-7-12-15(23)19-16(24)18-12)17-10-3-5-11(6-4-10)20-9-1-2-14(20)22/h3-6,12H,1-2,7-9H2,(H,17,21)(H2,18,19,23,24)/t12-/m0/s1. The second kappa shape index (κ2) is 6.69. The number of benzene rings is 1. The summed E-state index contributed by atoms with van der Waals surface area (Å²) in [6.07, 6.45) is 1.79. The van der Waals surface area contributed by atoms with E-state index in [-0.39, 0.29) is 24.7 Å². The van der Waals surface area contributed by atoms with Crippen LogP contribution in [0.5, 0.6) is 0 Å². The molecule has 24 heavy (non-hydrogen) atoms. The molecule has 8 nitrogen and oxygen atoms in total. The lowest BCUT2D eigenvalue weighted by molar-refractivity contribution is -0.120. The van der Waals surface area contributed by atoms with E-state index < -0.39 is 18.0 Å². The number of carbonyl (C=O) groups excluding carboxylic acids is 4. The lowest BCUT2D eigenvalue weighted by atomic mass is 10.1. The van der Waals surface area contributed by atoms with E-state index in [0.717, 1.165) is 18.7 Å². The third kappa shape index (κ3) is 3.53. The number of rotatable bonds is 5. The summed E-state index contributed by atoms with van der Waals surface area (Å²) < 4.78 is 0. The molecule has 3 rings (SSSR count). The quantitative estimate of drug-likeness (QED) is 0.692. The van der Waals surface area contributed by atoms with Gasteiger partial charge in [0.1, 0.15) is 6.04 Å². The van der Waals surface area contributed by atoms with Gasteiger partial charge in [-0.05, 0) is 37.1 Å². The Labute approximate surface area is 138 Å². The van der Waals surface area contributed by atoms with Crippen molar-refractivity contribution in [2.75, 3.05) is 16.8 Å². The molecule has 3 N–H and O–H groups in total. The van der Waals surface area contributed by atoms with Gasteiger partial charge in [-0.1, -0.05) is 0 Å². The van der Waals surface area contributed by atoms with Gasteiger partial charge in [0.15, 0.2) is 0 Å². The van der Waals surface area contributed by atoms with Crippen molar-refractivity contribution < 1.29 is 19.2 Å². The first-order valence-electron chi connectivity index (χ1n) is 7.84. The van der Waals surface area contributed by atoms with Crippen molar-refractivity contribution in [2.24, 2.45) is 0 Å². The highest BCUT2D eigenvalue weighted by Crippen LogP contribution is 2.23. The predicted molar refractivity (Wildman–Crippen MR) is 86.4 cm³/mol. The van der Waals surface area contributed by atoms with Gasteiger partial charge in [-0.15, -0.1) is 0 Å². The number of nitrogens with zero attached hydrogens (tertiary/aromatic N) is 1. The number of hydrogen-bond donors (Lipinski definition) is 3. The maximum Gasteiger partial charge on any atom is 0.322 e. The molecular formula is C16H18N4O4. The molecule has 0 bridgehead atoms. The molecule has 1 aromatic carbocycles. The molecule has 5 amide bonds. The number of anilines is 2. The zero-order chi connectivity index (χ0) is 17.1. The summed E-state index contributed by atoms with van der Waals surface area (Å²) in [5.41, 5.74) is 1.44. The molecule has 1 aromatic rings. The first-order valence-corrected chi connectivity index (χ1v) is 7.84. The number of amides is 5. The normalized spacial score (nSPS) is 20.1. The number of carbonyl (C=O) groups is 4. The third-order valence-electron chi connectivity index (χ3n) is 4.05. The molecule has 2 aliphatic rings. The lowest BCUT2D eigenvalue weighted by Gasteiger charge is -2.16.